The molecule has 6 nitrogen and oxygen atoms in total. The lowest BCUT2D eigenvalue weighted by Gasteiger charge is -2.21. The topological polar surface area (TPSA) is 79.5 Å². The molecule has 0 aliphatic carbocycles. The molecule has 4 aromatic rings. The van der Waals surface area contributed by atoms with Crippen LogP contribution in [0.25, 0.3) is 16.6 Å². The van der Waals surface area contributed by atoms with Gasteiger partial charge in [-0.05, 0) is 48.9 Å². The van der Waals surface area contributed by atoms with E-state index < -0.39 is 29.1 Å². The lowest BCUT2D eigenvalue weighted by molar-refractivity contribution is -0.137. The molecular formula is C23H18F4N4O2. The van der Waals surface area contributed by atoms with E-state index in [1.54, 1.807) is 18.2 Å². The second-order valence-electron chi connectivity index (χ2n) is 7.69. The quantitative estimate of drug-likeness (QED) is 0.422. The van der Waals surface area contributed by atoms with Crippen LogP contribution >= 0.6 is 0 Å². The number of benzene rings is 1. The summed E-state index contributed by atoms with van der Waals surface area (Å²) < 4.78 is 54.5. The summed E-state index contributed by atoms with van der Waals surface area (Å²) in [6.07, 6.45) is -2.36. The molecule has 10 heteroatoms. The van der Waals surface area contributed by atoms with Crippen LogP contribution in [0.4, 0.5) is 23.4 Å². The number of aromatic nitrogens is 3. The number of pyridine rings is 2. The van der Waals surface area contributed by atoms with Gasteiger partial charge in [-0.2, -0.15) is 13.2 Å². The second-order valence-corrected chi connectivity index (χ2v) is 7.69. The molecule has 0 aliphatic rings. The number of alkyl halides is 3. The van der Waals surface area contributed by atoms with Gasteiger partial charge in [0.1, 0.15) is 11.4 Å². The number of hydrogen-bond donors (Lipinski definition) is 2. The molecule has 1 aromatic carbocycles. The highest BCUT2D eigenvalue weighted by molar-refractivity contribution is 5.99. The number of nitrogens with zero attached hydrogens (tertiary/aromatic N) is 3. The number of anilines is 1. The normalized spacial score (nSPS) is 13.6. The average Bonchev–Trinajstić information content (AvgIpc) is 3.10. The van der Waals surface area contributed by atoms with Crippen molar-refractivity contribution in [3.05, 3.63) is 84.1 Å². The first kappa shape index (κ1) is 22.4. The Morgan fingerprint density at radius 2 is 1.85 bits per heavy atom. The molecule has 0 spiro atoms. The first-order chi connectivity index (χ1) is 15.5. The Labute approximate surface area is 185 Å². The van der Waals surface area contributed by atoms with Crippen molar-refractivity contribution in [2.75, 3.05) is 5.32 Å². The molecule has 0 unspecified atom stereocenters. The zero-order chi connectivity index (χ0) is 23.8. The van der Waals surface area contributed by atoms with Crippen molar-refractivity contribution < 1.29 is 27.5 Å². The van der Waals surface area contributed by atoms with Crippen LogP contribution in [0, 0.1) is 5.82 Å². The van der Waals surface area contributed by atoms with Gasteiger partial charge in [-0.15, -0.1) is 5.10 Å². The minimum absolute atomic E-state index is 0.0252. The number of amides is 1. The Balaban J connectivity index is 1.74. The number of aliphatic hydroxyl groups is 1. The summed E-state index contributed by atoms with van der Waals surface area (Å²) in [5, 5.41) is 17.5. The summed E-state index contributed by atoms with van der Waals surface area (Å²) in [5.41, 5.74) is -1.59. The summed E-state index contributed by atoms with van der Waals surface area (Å²) in [6.45, 7) is 1.43. The molecule has 170 valence electrons. The molecule has 2 N–H and O–H groups in total. The Morgan fingerprint density at radius 1 is 1.12 bits per heavy atom. The molecule has 4 rings (SSSR count). The van der Waals surface area contributed by atoms with E-state index in [0.717, 1.165) is 30.5 Å². The Morgan fingerprint density at radius 3 is 2.48 bits per heavy atom. The Hall–Kier alpha value is -3.79. The molecule has 0 aliphatic heterocycles. The molecule has 0 radical (unpaired) electrons. The number of carbonyl (C=O) groups is 1. The van der Waals surface area contributed by atoms with Gasteiger partial charge in [-0.3, -0.25) is 9.78 Å². The highest BCUT2D eigenvalue weighted by Crippen LogP contribution is 2.36. The molecule has 0 saturated heterocycles. The van der Waals surface area contributed by atoms with Crippen molar-refractivity contribution in [1.29, 1.82) is 0 Å². The highest BCUT2D eigenvalue weighted by Gasteiger charge is 2.32. The van der Waals surface area contributed by atoms with Crippen LogP contribution in [-0.2, 0) is 16.6 Å². The van der Waals surface area contributed by atoms with E-state index in [1.165, 1.54) is 29.8 Å². The minimum atomic E-state index is -4.59. The summed E-state index contributed by atoms with van der Waals surface area (Å²) >= 11 is 0. The van der Waals surface area contributed by atoms with Gasteiger partial charge in [0, 0.05) is 12.4 Å². The van der Waals surface area contributed by atoms with Crippen molar-refractivity contribution in [3.8, 4) is 11.1 Å². The molecule has 33 heavy (non-hydrogen) atoms. The van der Waals surface area contributed by atoms with Gasteiger partial charge < -0.3 is 10.4 Å². The van der Waals surface area contributed by atoms with E-state index >= 15 is 0 Å². The van der Waals surface area contributed by atoms with Gasteiger partial charge in [0.2, 0.25) is 5.91 Å². The summed E-state index contributed by atoms with van der Waals surface area (Å²) in [7, 11) is 0. The SMILES string of the molecule is C[C@](O)(CC(=O)Nc1nn2ccc(C(F)(F)F)cc2c1-c1ccc(F)cc1)c1ccccn1. The van der Waals surface area contributed by atoms with Crippen molar-refractivity contribution in [2.45, 2.75) is 25.1 Å². The fourth-order valence-corrected chi connectivity index (χ4v) is 3.47. The van der Waals surface area contributed by atoms with Crippen LogP contribution in [0.15, 0.2) is 67.0 Å². The maximum Gasteiger partial charge on any atom is 0.416 e. The first-order valence-electron chi connectivity index (χ1n) is 9.84. The molecule has 1 amide bonds. The second kappa shape index (κ2) is 8.28. The summed E-state index contributed by atoms with van der Waals surface area (Å²) in [5.74, 6) is -1.18. The Kier molecular flexibility index (Phi) is 5.62. The third-order valence-electron chi connectivity index (χ3n) is 5.07. The van der Waals surface area contributed by atoms with Crippen LogP contribution in [0.5, 0.6) is 0 Å². The van der Waals surface area contributed by atoms with Gasteiger partial charge in [-0.1, -0.05) is 18.2 Å². The van der Waals surface area contributed by atoms with E-state index in [1.807, 2.05) is 0 Å². The predicted molar refractivity (Wildman–Crippen MR) is 113 cm³/mol. The van der Waals surface area contributed by atoms with Gasteiger partial charge in [0.05, 0.1) is 28.8 Å². The fourth-order valence-electron chi connectivity index (χ4n) is 3.47. The number of carbonyl (C=O) groups excluding carboxylic acids is 1. The molecule has 1 atom stereocenters. The van der Waals surface area contributed by atoms with Crippen molar-refractivity contribution in [1.82, 2.24) is 14.6 Å². The number of nitrogens with one attached hydrogen (secondary N) is 1. The van der Waals surface area contributed by atoms with Crippen LogP contribution in [0.1, 0.15) is 24.6 Å². The standard InChI is InChI=1S/C23H18F4N4O2/c1-22(33,18-4-2-3-10-28-18)13-19(32)29-21-20(14-5-7-16(24)8-6-14)17-12-15(23(25,26)27)9-11-31(17)30-21/h2-12,33H,13H2,1H3,(H,29,30,32)/t22-/m0/s1. The fraction of sp³-hybridized carbons (Fsp3) is 0.174. The van der Waals surface area contributed by atoms with Crippen molar-refractivity contribution in [3.63, 3.8) is 0 Å². The van der Waals surface area contributed by atoms with E-state index in [0.29, 0.717) is 5.56 Å². The van der Waals surface area contributed by atoms with Gasteiger partial charge in [0.25, 0.3) is 0 Å². The zero-order valence-electron chi connectivity index (χ0n) is 17.3. The van der Waals surface area contributed by atoms with Crippen LogP contribution in [0.3, 0.4) is 0 Å². The van der Waals surface area contributed by atoms with Gasteiger partial charge in [-0.25, -0.2) is 8.91 Å². The number of rotatable bonds is 5. The van der Waals surface area contributed by atoms with Crippen LogP contribution < -0.4 is 5.32 Å². The molecule has 3 aromatic heterocycles. The number of fused-ring (bicyclic) bond motifs is 1. The molecular weight excluding hydrogens is 440 g/mol. The van der Waals surface area contributed by atoms with Crippen molar-refractivity contribution in [2.24, 2.45) is 0 Å². The molecule has 0 fully saturated rings. The smallest absolute Gasteiger partial charge is 0.383 e. The Bertz CT molecular complexity index is 1300. The lowest BCUT2D eigenvalue weighted by atomic mass is 9.97. The third-order valence-corrected chi connectivity index (χ3v) is 5.07. The predicted octanol–water partition coefficient (Wildman–Crippen LogP) is 4.79. The maximum atomic E-state index is 13.4. The highest BCUT2D eigenvalue weighted by atomic mass is 19.4. The minimum Gasteiger partial charge on any atom is -0.383 e. The average molecular weight is 458 g/mol. The van der Waals surface area contributed by atoms with Crippen LogP contribution in [0.2, 0.25) is 0 Å². The first-order valence-corrected chi connectivity index (χ1v) is 9.84. The summed E-state index contributed by atoms with van der Waals surface area (Å²) in [4.78, 5) is 16.8. The van der Waals surface area contributed by atoms with Gasteiger partial charge >= 0.3 is 6.18 Å². The molecule has 3 heterocycles. The molecule has 0 saturated carbocycles. The lowest BCUT2D eigenvalue weighted by Crippen LogP contribution is -2.29. The van der Waals surface area contributed by atoms with Gasteiger partial charge in [0.15, 0.2) is 5.82 Å². The number of halogens is 4. The summed E-state index contributed by atoms with van der Waals surface area (Å²) in [6, 6.07) is 11.8. The largest absolute Gasteiger partial charge is 0.416 e. The zero-order valence-corrected chi connectivity index (χ0v) is 17.3. The third kappa shape index (κ3) is 4.70. The monoisotopic (exact) mass is 458 g/mol. The van der Waals surface area contributed by atoms with E-state index in [4.69, 9.17) is 0 Å². The van der Waals surface area contributed by atoms with E-state index in [9.17, 15) is 27.5 Å². The molecule has 0 bridgehead atoms. The van der Waals surface area contributed by atoms with Crippen LogP contribution in [-0.4, -0.2) is 25.6 Å². The van der Waals surface area contributed by atoms with Crippen molar-refractivity contribution >= 4 is 17.2 Å². The van der Waals surface area contributed by atoms with E-state index in [2.05, 4.69) is 15.4 Å². The maximum absolute atomic E-state index is 13.4. The number of hydrogen-bond acceptors (Lipinski definition) is 4. The van der Waals surface area contributed by atoms with E-state index in [-0.39, 0.29) is 29.0 Å².